The summed E-state index contributed by atoms with van der Waals surface area (Å²) in [6, 6.07) is 10.5. The highest BCUT2D eigenvalue weighted by Crippen LogP contribution is 2.15. The zero-order valence-electron chi connectivity index (χ0n) is 15.0. The number of rotatable bonds is 5. The number of hydrogen-bond acceptors (Lipinski definition) is 3. The van der Waals surface area contributed by atoms with E-state index in [1.54, 1.807) is 19.0 Å². The third kappa shape index (κ3) is 5.15. The first-order valence-electron chi connectivity index (χ1n) is 8.65. The maximum absolute atomic E-state index is 11.7. The predicted octanol–water partition coefficient (Wildman–Crippen LogP) is 1.25. The van der Waals surface area contributed by atoms with E-state index in [9.17, 15) is 4.79 Å². The summed E-state index contributed by atoms with van der Waals surface area (Å²) in [6.07, 6.45) is 0.450. The molecule has 1 saturated heterocycles. The number of nitrogens with zero attached hydrogens (tertiary/aromatic N) is 4. The average molecular weight is 331 g/mol. The first kappa shape index (κ1) is 18.1. The van der Waals surface area contributed by atoms with E-state index in [1.807, 2.05) is 6.07 Å². The van der Waals surface area contributed by atoms with Gasteiger partial charge in [-0.25, -0.2) is 0 Å². The number of aliphatic imine (C=N–C) groups is 1. The van der Waals surface area contributed by atoms with Gasteiger partial charge in [0, 0.05) is 58.9 Å². The van der Waals surface area contributed by atoms with Gasteiger partial charge in [-0.15, -0.1) is 0 Å². The average Bonchev–Trinajstić information content (AvgIpc) is 2.61. The van der Waals surface area contributed by atoms with Crippen LogP contribution in [0.4, 0.5) is 5.69 Å². The van der Waals surface area contributed by atoms with E-state index in [0.29, 0.717) is 13.0 Å². The Hall–Kier alpha value is -2.24. The fourth-order valence-electron chi connectivity index (χ4n) is 2.72. The molecule has 1 fully saturated rings. The van der Waals surface area contributed by atoms with Crippen LogP contribution in [0.1, 0.15) is 13.3 Å². The third-order valence-corrected chi connectivity index (χ3v) is 4.12. The highest BCUT2D eigenvalue weighted by atomic mass is 16.2. The summed E-state index contributed by atoms with van der Waals surface area (Å²) in [5, 5.41) is 3.34. The summed E-state index contributed by atoms with van der Waals surface area (Å²) in [7, 11) is 3.56. The molecular weight excluding hydrogens is 302 g/mol. The zero-order valence-corrected chi connectivity index (χ0v) is 15.0. The summed E-state index contributed by atoms with van der Waals surface area (Å²) in [6.45, 7) is 7.25. The van der Waals surface area contributed by atoms with Crippen LogP contribution in [0, 0.1) is 0 Å². The molecule has 0 aromatic heterocycles. The molecule has 1 heterocycles. The van der Waals surface area contributed by atoms with Crippen LogP contribution in [-0.4, -0.2) is 75.0 Å². The van der Waals surface area contributed by atoms with Gasteiger partial charge in [0.25, 0.3) is 0 Å². The van der Waals surface area contributed by atoms with Gasteiger partial charge in [-0.1, -0.05) is 18.2 Å². The van der Waals surface area contributed by atoms with Crippen molar-refractivity contribution in [2.45, 2.75) is 13.3 Å². The van der Waals surface area contributed by atoms with Crippen LogP contribution in [0.3, 0.4) is 0 Å². The number of guanidine groups is 1. The molecule has 1 amide bonds. The summed E-state index contributed by atoms with van der Waals surface area (Å²) in [4.78, 5) is 22.6. The first-order chi connectivity index (χ1) is 11.6. The molecule has 0 unspecified atom stereocenters. The Kier molecular flexibility index (Phi) is 6.90. The minimum atomic E-state index is 0.114. The second-order valence-electron chi connectivity index (χ2n) is 6.08. The Balaban J connectivity index is 1.89. The van der Waals surface area contributed by atoms with Gasteiger partial charge in [-0.2, -0.15) is 0 Å². The molecule has 0 aliphatic carbocycles. The maximum atomic E-state index is 11.7. The molecule has 6 nitrogen and oxygen atoms in total. The Morgan fingerprint density at radius 1 is 1.17 bits per heavy atom. The van der Waals surface area contributed by atoms with Crippen molar-refractivity contribution in [3.05, 3.63) is 30.3 Å². The summed E-state index contributed by atoms with van der Waals surface area (Å²) >= 11 is 0. The van der Waals surface area contributed by atoms with Crippen molar-refractivity contribution < 1.29 is 4.79 Å². The third-order valence-electron chi connectivity index (χ3n) is 4.12. The Morgan fingerprint density at radius 2 is 1.83 bits per heavy atom. The van der Waals surface area contributed by atoms with Gasteiger partial charge >= 0.3 is 0 Å². The lowest BCUT2D eigenvalue weighted by Gasteiger charge is -2.37. The number of nitrogens with one attached hydrogen (secondary N) is 1. The van der Waals surface area contributed by atoms with Gasteiger partial charge in [0.05, 0.1) is 6.54 Å². The van der Waals surface area contributed by atoms with E-state index in [-0.39, 0.29) is 5.91 Å². The summed E-state index contributed by atoms with van der Waals surface area (Å²) in [5.74, 6) is 1.03. The smallest absolute Gasteiger partial charge is 0.223 e. The molecule has 132 valence electrons. The molecule has 1 aromatic rings. The number of hydrogen-bond donors (Lipinski definition) is 1. The number of para-hydroxylation sites is 1. The lowest BCUT2D eigenvalue weighted by Crippen LogP contribution is -2.52. The molecule has 0 saturated carbocycles. The molecule has 0 bridgehead atoms. The summed E-state index contributed by atoms with van der Waals surface area (Å²) in [5.41, 5.74) is 1.27. The predicted molar refractivity (Wildman–Crippen MR) is 99.5 cm³/mol. The maximum Gasteiger partial charge on any atom is 0.223 e. The molecule has 0 spiro atoms. The number of anilines is 1. The minimum absolute atomic E-state index is 0.114. The second kappa shape index (κ2) is 9.15. The summed E-state index contributed by atoms with van der Waals surface area (Å²) < 4.78 is 0. The van der Waals surface area contributed by atoms with Crippen LogP contribution in [0.15, 0.2) is 35.3 Å². The van der Waals surface area contributed by atoms with E-state index >= 15 is 0 Å². The van der Waals surface area contributed by atoms with Gasteiger partial charge in [0.2, 0.25) is 5.91 Å². The SMILES string of the molecule is CCNC(=NCCC(=O)N(C)C)N1CCN(c2ccccc2)CC1. The standard InChI is InChI=1S/C18H29N5O/c1-4-19-18(20-11-10-17(24)21(2)3)23-14-12-22(13-15-23)16-8-6-5-7-9-16/h5-9H,4,10-15H2,1-3H3,(H,19,20). The van der Waals surface area contributed by atoms with E-state index in [2.05, 4.69) is 51.3 Å². The number of benzene rings is 1. The van der Waals surface area contributed by atoms with Crippen molar-refractivity contribution in [3.8, 4) is 0 Å². The molecule has 6 heteroatoms. The molecule has 1 aromatic carbocycles. The van der Waals surface area contributed by atoms with Crippen LogP contribution < -0.4 is 10.2 Å². The highest BCUT2D eigenvalue weighted by Gasteiger charge is 2.19. The second-order valence-corrected chi connectivity index (χ2v) is 6.08. The van der Waals surface area contributed by atoms with Crippen molar-refractivity contribution in [2.75, 3.05) is 58.3 Å². The van der Waals surface area contributed by atoms with Gasteiger partial charge < -0.3 is 20.0 Å². The van der Waals surface area contributed by atoms with Crippen LogP contribution >= 0.6 is 0 Å². The van der Waals surface area contributed by atoms with Gasteiger partial charge in [-0.3, -0.25) is 9.79 Å². The fraction of sp³-hybridized carbons (Fsp3) is 0.556. The van der Waals surface area contributed by atoms with Crippen LogP contribution in [0.2, 0.25) is 0 Å². The lowest BCUT2D eigenvalue weighted by molar-refractivity contribution is -0.128. The van der Waals surface area contributed by atoms with Crippen LogP contribution in [-0.2, 0) is 4.79 Å². The molecule has 2 rings (SSSR count). The largest absolute Gasteiger partial charge is 0.368 e. The number of piperazine rings is 1. The van der Waals surface area contributed by atoms with E-state index in [4.69, 9.17) is 0 Å². The van der Waals surface area contributed by atoms with Crippen molar-refractivity contribution >= 4 is 17.6 Å². The van der Waals surface area contributed by atoms with Crippen molar-refractivity contribution in [2.24, 2.45) is 4.99 Å². The fourth-order valence-corrected chi connectivity index (χ4v) is 2.72. The molecule has 0 radical (unpaired) electrons. The van der Waals surface area contributed by atoms with Gasteiger partial charge in [0.15, 0.2) is 5.96 Å². The van der Waals surface area contributed by atoms with Crippen molar-refractivity contribution in [3.63, 3.8) is 0 Å². The lowest BCUT2D eigenvalue weighted by atomic mass is 10.2. The monoisotopic (exact) mass is 331 g/mol. The van der Waals surface area contributed by atoms with E-state index in [0.717, 1.165) is 38.7 Å². The van der Waals surface area contributed by atoms with Crippen molar-refractivity contribution in [1.29, 1.82) is 0 Å². The zero-order chi connectivity index (χ0) is 17.4. The van der Waals surface area contributed by atoms with Crippen LogP contribution in [0.25, 0.3) is 0 Å². The topological polar surface area (TPSA) is 51.2 Å². The Labute approximate surface area is 145 Å². The molecule has 1 N–H and O–H groups in total. The highest BCUT2D eigenvalue weighted by molar-refractivity contribution is 5.81. The number of carbonyl (C=O) groups is 1. The van der Waals surface area contributed by atoms with E-state index in [1.165, 1.54) is 5.69 Å². The Bertz CT molecular complexity index is 536. The molecule has 1 aliphatic heterocycles. The molecular formula is C18H29N5O. The molecule has 0 atom stereocenters. The van der Waals surface area contributed by atoms with Crippen LogP contribution in [0.5, 0.6) is 0 Å². The minimum Gasteiger partial charge on any atom is -0.368 e. The molecule has 1 aliphatic rings. The first-order valence-corrected chi connectivity index (χ1v) is 8.65. The van der Waals surface area contributed by atoms with Crippen molar-refractivity contribution in [1.82, 2.24) is 15.1 Å². The normalized spacial score (nSPS) is 15.4. The Morgan fingerprint density at radius 3 is 2.42 bits per heavy atom. The molecule has 24 heavy (non-hydrogen) atoms. The van der Waals surface area contributed by atoms with Gasteiger partial charge in [-0.05, 0) is 19.1 Å². The number of amides is 1. The number of carbonyl (C=O) groups excluding carboxylic acids is 1. The quantitative estimate of drug-likeness (QED) is 0.652. The van der Waals surface area contributed by atoms with Gasteiger partial charge in [0.1, 0.15) is 0 Å². The van der Waals surface area contributed by atoms with E-state index < -0.39 is 0 Å².